The molecule has 5 nitrogen and oxygen atoms in total. The van der Waals surface area contributed by atoms with E-state index in [-0.39, 0.29) is 5.69 Å². The number of carboxylic acids is 1. The lowest BCUT2D eigenvalue weighted by Gasteiger charge is -2.05. The van der Waals surface area contributed by atoms with Crippen LogP contribution < -0.4 is 5.73 Å². The normalized spacial score (nSPS) is 10.5. The lowest BCUT2D eigenvalue weighted by molar-refractivity contribution is 0.0689. The van der Waals surface area contributed by atoms with Crippen molar-refractivity contribution in [1.82, 2.24) is 9.78 Å². The number of halogens is 1. The van der Waals surface area contributed by atoms with Crippen molar-refractivity contribution in [2.45, 2.75) is 6.92 Å². The van der Waals surface area contributed by atoms with Gasteiger partial charge < -0.3 is 10.8 Å². The first-order valence-electron chi connectivity index (χ1n) is 4.85. The van der Waals surface area contributed by atoms with Crippen molar-refractivity contribution in [1.29, 1.82) is 0 Å². The fourth-order valence-corrected chi connectivity index (χ4v) is 1.97. The molecular formula is C11H10BrN3O2. The Morgan fingerprint density at radius 2 is 2.12 bits per heavy atom. The monoisotopic (exact) mass is 295 g/mol. The highest BCUT2D eigenvalue weighted by atomic mass is 79.9. The van der Waals surface area contributed by atoms with Crippen LogP contribution in [0.25, 0.3) is 5.69 Å². The van der Waals surface area contributed by atoms with E-state index in [1.807, 2.05) is 18.2 Å². The van der Waals surface area contributed by atoms with E-state index in [2.05, 4.69) is 21.0 Å². The first-order chi connectivity index (χ1) is 8.02. The summed E-state index contributed by atoms with van der Waals surface area (Å²) < 4.78 is 2.22. The molecule has 0 aliphatic heterocycles. The van der Waals surface area contributed by atoms with Crippen molar-refractivity contribution in [2.24, 2.45) is 0 Å². The Hall–Kier alpha value is -1.82. The van der Waals surface area contributed by atoms with Crippen molar-refractivity contribution >= 4 is 27.7 Å². The lowest BCUT2D eigenvalue weighted by atomic mass is 10.2. The highest BCUT2D eigenvalue weighted by molar-refractivity contribution is 9.10. The van der Waals surface area contributed by atoms with Crippen LogP contribution in [0.4, 0.5) is 5.82 Å². The van der Waals surface area contributed by atoms with Gasteiger partial charge in [0.2, 0.25) is 0 Å². The largest absolute Gasteiger partial charge is 0.476 e. The molecule has 0 aliphatic carbocycles. The number of para-hydroxylation sites is 1. The Kier molecular flexibility index (Phi) is 2.89. The van der Waals surface area contributed by atoms with E-state index in [1.54, 1.807) is 13.0 Å². The summed E-state index contributed by atoms with van der Waals surface area (Å²) in [6.07, 6.45) is 0. The van der Waals surface area contributed by atoms with Crippen molar-refractivity contribution < 1.29 is 9.90 Å². The molecule has 1 aromatic heterocycles. The van der Waals surface area contributed by atoms with Crippen molar-refractivity contribution in [2.75, 3.05) is 5.73 Å². The highest BCUT2D eigenvalue weighted by Gasteiger charge is 2.18. The van der Waals surface area contributed by atoms with E-state index in [0.717, 1.165) is 4.47 Å². The fraction of sp³-hybridized carbons (Fsp3) is 0.0909. The van der Waals surface area contributed by atoms with Gasteiger partial charge in [-0.2, -0.15) is 5.10 Å². The molecule has 0 unspecified atom stereocenters. The molecular weight excluding hydrogens is 286 g/mol. The first-order valence-corrected chi connectivity index (χ1v) is 5.65. The van der Waals surface area contributed by atoms with Gasteiger partial charge in [-0.3, -0.25) is 0 Å². The van der Waals surface area contributed by atoms with E-state index < -0.39 is 5.97 Å². The zero-order valence-electron chi connectivity index (χ0n) is 9.01. The number of nitrogen functional groups attached to an aromatic ring is 1. The molecule has 1 heterocycles. The molecule has 0 saturated heterocycles. The molecule has 6 heteroatoms. The second-order valence-electron chi connectivity index (χ2n) is 3.53. The van der Waals surface area contributed by atoms with Crippen LogP contribution in [0, 0.1) is 6.92 Å². The summed E-state index contributed by atoms with van der Waals surface area (Å²) in [5.74, 6) is -0.755. The van der Waals surface area contributed by atoms with E-state index in [4.69, 9.17) is 10.8 Å². The fourth-order valence-electron chi connectivity index (χ4n) is 1.52. The summed E-state index contributed by atoms with van der Waals surface area (Å²) in [6, 6.07) is 7.33. The molecule has 0 amide bonds. The molecule has 2 rings (SSSR count). The molecule has 88 valence electrons. The average Bonchev–Trinajstić information content (AvgIpc) is 2.57. The Labute approximate surface area is 106 Å². The second-order valence-corrected chi connectivity index (χ2v) is 4.38. The number of rotatable bonds is 2. The minimum Gasteiger partial charge on any atom is -0.476 e. The number of aromatic nitrogens is 2. The smallest absolute Gasteiger partial charge is 0.356 e. The molecule has 3 N–H and O–H groups in total. The van der Waals surface area contributed by atoms with Gasteiger partial charge in [0.05, 0.1) is 5.69 Å². The topological polar surface area (TPSA) is 81.1 Å². The van der Waals surface area contributed by atoms with Crippen LogP contribution >= 0.6 is 15.9 Å². The SMILES string of the molecule is Cc1c(C(=O)O)nn(-c2ccccc2Br)c1N. The molecule has 0 aliphatic rings. The Bertz CT molecular complexity index is 592. The number of anilines is 1. The molecule has 17 heavy (non-hydrogen) atoms. The quantitative estimate of drug-likeness (QED) is 0.890. The molecule has 0 bridgehead atoms. The number of aromatic carboxylic acids is 1. The van der Waals surface area contributed by atoms with Crippen molar-refractivity contribution in [3.63, 3.8) is 0 Å². The van der Waals surface area contributed by atoms with Gasteiger partial charge in [-0.25, -0.2) is 9.48 Å². The van der Waals surface area contributed by atoms with Crippen LogP contribution in [-0.2, 0) is 0 Å². The maximum absolute atomic E-state index is 11.0. The van der Waals surface area contributed by atoms with Crippen molar-refractivity contribution in [3.8, 4) is 5.69 Å². The van der Waals surface area contributed by atoms with Gasteiger partial charge in [0.25, 0.3) is 0 Å². The number of carboxylic acid groups (broad SMARTS) is 1. The molecule has 1 aromatic carbocycles. The number of hydrogen-bond acceptors (Lipinski definition) is 3. The van der Waals surface area contributed by atoms with Gasteiger partial charge in [-0.05, 0) is 35.0 Å². The van der Waals surface area contributed by atoms with Crippen LogP contribution in [0.1, 0.15) is 16.1 Å². The first kappa shape index (κ1) is 11.7. The third-order valence-corrected chi connectivity index (χ3v) is 3.12. The molecule has 0 spiro atoms. The molecule has 0 fully saturated rings. The van der Waals surface area contributed by atoms with Crippen molar-refractivity contribution in [3.05, 3.63) is 40.0 Å². The second kappa shape index (κ2) is 4.21. The number of benzene rings is 1. The van der Waals surface area contributed by atoms with Crippen LogP contribution in [0.3, 0.4) is 0 Å². The van der Waals surface area contributed by atoms with Gasteiger partial charge >= 0.3 is 5.97 Å². The Morgan fingerprint density at radius 3 is 2.65 bits per heavy atom. The van der Waals surface area contributed by atoms with Crippen LogP contribution in [0.5, 0.6) is 0 Å². The minimum absolute atomic E-state index is 0.0294. The summed E-state index contributed by atoms with van der Waals surface area (Å²) in [5.41, 5.74) is 7.00. The standard InChI is InChI=1S/C11H10BrN3O2/c1-6-9(11(16)17)14-15(10(6)13)8-5-3-2-4-7(8)12/h2-5H,13H2,1H3,(H,16,17). The molecule has 0 saturated carbocycles. The zero-order valence-corrected chi connectivity index (χ0v) is 10.6. The van der Waals surface area contributed by atoms with Gasteiger partial charge in [0.1, 0.15) is 5.82 Å². The molecule has 2 aromatic rings. The van der Waals surface area contributed by atoms with E-state index in [9.17, 15) is 4.79 Å². The summed E-state index contributed by atoms with van der Waals surface area (Å²) in [5, 5.41) is 13.0. The van der Waals surface area contributed by atoms with Gasteiger partial charge in [0.15, 0.2) is 5.69 Å². The summed E-state index contributed by atoms with van der Waals surface area (Å²) in [4.78, 5) is 11.0. The van der Waals surface area contributed by atoms with Crippen LogP contribution in [0.2, 0.25) is 0 Å². The van der Waals surface area contributed by atoms with Crippen LogP contribution in [0.15, 0.2) is 28.7 Å². The average molecular weight is 296 g/mol. The number of nitrogens with zero attached hydrogens (tertiary/aromatic N) is 2. The predicted octanol–water partition coefficient (Wildman–Crippen LogP) is 2.22. The summed E-state index contributed by atoms with van der Waals surface area (Å²) in [7, 11) is 0. The maximum atomic E-state index is 11.0. The van der Waals surface area contributed by atoms with Gasteiger partial charge in [0, 0.05) is 10.0 Å². The van der Waals surface area contributed by atoms with E-state index in [0.29, 0.717) is 17.1 Å². The predicted molar refractivity (Wildman–Crippen MR) is 67.4 cm³/mol. The van der Waals surface area contributed by atoms with E-state index >= 15 is 0 Å². The van der Waals surface area contributed by atoms with Gasteiger partial charge in [-0.15, -0.1) is 0 Å². The molecule has 0 radical (unpaired) electrons. The molecule has 0 atom stereocenters. The number of carbonyl (C=O) groups is 1. The minimum atomic E-state index is -1.08. The third kappa shape index (κ3) is 1.91. The number of hydrogen-bond donors (Lipinski definition) is 2. The summed E-state index contributed by atoms with van der Waals surface area (Å²) in [6.45, 7) is 1.64. The Balaban J connectivity index is 2.66. The maximum Gasteiger partial charge on any atom is 0.356 e. The van der Waals surface area contributed by atoms with Gasteiger partial charge in [-0.1, -0.05) is 12.1 Å². The lowest BCUT2D eigenvalue weighted by Crippen LogP contribution is -2.04. The van der Waals surface area contributed by atoms with Crippen LogP contribution in [-0.4, -0.2) is 20.9 Å². The highest BCUT2D eigenvalue weighted by Crippen LogP contribution is 2.25. The summed E-state index contributed by atoms with van der Waals surface area (Å²) >= 11 is 3.37. The third-order valence-electron chi connectivity index (χ3n) is 2.45. The number of nitrogens with two attached hydrogens (primary N) is 1. The Morgan fingerprint density at radius 1 is 1.47 bits per heavy atom. The van der Waals surface area contributed by atoms with E-state index in [1.165, 1.54) is 4.68 Å². The zero-order chi connectivity index (χ0) is 12.6.